The Hall–Kier alpha value is -4.41. The first-order valence-corrected chi connectivity index (χ1v) is 15.1. The van der Waals surface area contributed by atoms with Crippen LogP contribution in [0.25, 0.3) is 22.2 Å². The van der Waals surface area contributed by atoms with Gasteiger partial charge in [0.25, 0.3) is 5.56 Å². The number of methoxy groups -OCH3 is 2. The highest BCUT2D eigenvalue weighted by molar-refractivity contribution is 6.35. The van der Waals surface area contributed by atoms with E-state index in [0.717, 1.165) is 25.2 Å². The Bertz CT molecular complexity index is 1720. The summed E-state index contributed by atoms with van der Waals surface area (Å²) in [5, 5.41) is 7.11. The normalized spacial score (nSPS) is 13.4. The van der Waals surface area contributed by atoms with Crippen molar-refractivity contribution in [2.24, 2.45) is 0 Å². The molecule has 230 valence electrons. The number of hydrogen-bond acceptors (Lipinski definition) is 8. The predicted octanol–water partition coefficient (Wildman–Crippen LogP) is 5.39. The number of likely N-dealkylation sites (tertiary alicyclic amines) is 1. The van der Waals surface area contributed by atoms with Gasteiger partial charge in [-0.3, -0.25) is 14.2 Å². The number of anilines is 2. The fraction of sp³-hybridized carbons (Fsp3) is 0.333. The smallest absolute Gasteiger partial charge is 0.260 e. The molecule has 2 aromatic carbocycles. The number of carbonyl (C=O) groups excluding carboxylic acids is 1. The summed E-state index contributed by atoms with van der Waals surface area (Å²) < 4.78 is 12.6. The van der Waals surface area contributed by atoms with Gasteiger partial charge in [0.1, 0.15) is 17.1 Å². The largest absolute Gasteiger partial charge is 0.497 e. The number of nitrogens with one attached hydrogen (secondary N) is 2. The van der Waals surface area contributed by atoms with E-state index in [2.05, 4.69) is 27.1 Å². The molecule has 4 aromatic rings. The number of rotatable bonds is 12. The van der Waals surface area contributed by atoms with E-state index in [4.69, 9.17) is 26.1 Å². The molecule has 10 nitrogen and oxygen atoms in total. The summed E-state index contributed by atoms with van der Waals surface area (Å²) in [7, 11) is 3.06. The minimum atomic E-state index is -0.292. The van der Waals surface area contributed by atoms with Crippen molar-refractivity contribution in [2.75, 3.05) is 51.0 Å². The van der Waals surface area contributed by atoms with Gasteiger partial charge in [-0.25, -0.2) is 4.98 Å². The van der Waals surface area contributed by atoms with Crippen molar-refractivity contribution >= 4 is 40.2 Å². The van der Waals surface area contributed by atoms with Crippen LogP contribution in [0.1, 0.15) is 24.8 Å². The number of benzene rings is 2. The van der Waals surface area contributed by atoms with Gasteiger partial charge in [-0.05, 0) is 68.3 Å². The van der Waals surface area contributed by atoms with Crippen LogP contribution in [-0.4, -0.2) is 65.7 Å². The number of carbonyl (C=O) groups is 1. The molecule has 0 radical (unpaired) electrons. The Morgan fingerprint density at radius 3 is 2.64 bits per heavy atom. The molecule has 11 heteroatoms. The highest BCUT2D eigenvalue weighted by Crippen LogP contribution is 2.38. The van der Waals surface area contributed by atoms with Crippen molar-refractivity contribution in [3.05, 3.63) is 82.3 Å². The first-order chi connectivity index (χ1) is 21.4. The van der Waals surface area contributed by atoms with E-state index in [1.807, 2.05) is 18.2 Å². The Morgan fingerprint density at radius 2 is 1.89 bits per heavy atom. The Kier molecular flexibility index (Phi) is 10.1. The van der Waals surface area contributed by atoms with E-state index in [1.54, 1.807) is 42.1 Å². The summed E-state index contributed by atoms with van der Waals surface area (Å²) in [6.07, 6.45) is 7.20. The van der Waals surface area contributed by atoms with E-state index in [-0.39, 0.29) is 11.5 Å². The minimum Gasteiger partial charge on any atom is -0.497 e. The molecule has 5 rings (SSSR count). The number of amides is 1. The average Bonchev–Trinajstić information content (AvgIpc) is 3.05. The van der Waals surface area contributed by atoms with E-state index < -0.39 is 0 Å². The van der Waals surface area contributed by atoms with Crippen LogP contribution in [-0.2, 0) is 17.8 Å². The van der Waals surface area contributed by atoms with Crippen LogP contribution in [0.15, 0.2) is 66.1 Å². The SMILES string of the molecule is C=CC(=O)Nc1cccc(CCn2c(=O)c(-c3cc(OC)cc(OC)c3Cl)cc3cnc(NCCN4CCCCC4)nc32)c1. The van der Waals surface area contributed by atoms with Crippen LogP contribution < -0.4 is 25.7 Å². The molecule has 0 atom stereocenters. The molecule has 0 aliphatic carbocycles. The molecule has 0 spiro atoms. The van der Waals surface area contributed by atoms with Crippen molar-refractivity contribution in [1.82, 2.24) is 19.4 Å². The number of hydrogen-bond donors (Lipinski definition) is 2. The van der Waals surface area contributed by atoms with Crippen LogP contribution in [0.2, 0.25) is 5.02 Å². The van der Waals surface area contributed by atoms with E-state index >= 15 is 0 Å². The number of ether oxygens (including phenoxy) is 2. The van der Waals surface area contributed by atoms with Gasteiger partial charge in [-0.15, -0.1) is 0 Å². The molecule has 0 saturated carbocycles. The van der Waals surface area contributed by atoms with Gasteiger partial charge >= 0.3 is 0 Å². The van der Waals surface area contributed by atoms with Crippen molar-refractivity contribution in [3.63, 3.8) is 0 Å². The summed E-state index contributed by atoms with van der Waals surface area (Å²) >= 11 is 6.72. The van der Waals surface area contributed by atoms with Crippen LogP contribution >= 0.6 is 11.6 Å². The third-order valence-corrected chi connectivity index (χ3v) is 8.14. The van der Waals surface area contributed by atoms with Crippen LogP contribution in [0.3, 0.4) is 0 Å². The van der Waals surface area contributed by atoms with Crippen LogP contribution in [0.5, 0.6) is 11.5 Å². The molecule has 44 heavy (non-hydrogen) atoms. The molecular weight excluding hydrogens is 580 g/mol. The van der Waals surface area contributed by atoms with E-state index in [1.165, 1.54) is 32.4 Å². The summed E-state index contributed by atoms with van der Waals surface area (Å²) in [6.45, 7) is 7.66. The molecule has 2 N–H and O–H groups in total. The second-order valence-electron chi connectivity index (χ2n) is 10.7. The molecule has 1 amide bonds. The predicted molar refractivity (Wildman–Crippen MR) is 175 cm³/mol. The van der Waals surface area contributed by atoms with Gasteiger partial charge in [0.2, 0.25) is 11.9 Å². The number of piperidine rings is 1. The van der Waals surface area contributed by atoms with Gasteiger partial charge in [-0.1, -0.05) is 36.7 Å². The van der Waals surface area contributed by atoms with Gasteiger partial charge in [0, 0.05) is 54.1 Å². The van der Waals surface area contributed by atoms with E-state index in [0.29, 0.717) is 69.8 Å². The third-order valence-electron chi connectivity index (χ3n) is 7.75. The number of fused-ring (bicyclic) bond motifs is 1. The first-order valence-electron chi connectivity index (χ1n) is 14.7. The number of aromatic nitrogens is 3. The van der Waals surface area contributed by atoms with Crippen molar-refractivity contribution in [2.45, 2.75) is 32.2 Å². The summed E-state index contributed by atoms with van der Waals surface area (Å²) in [5.74, 6) is 1.08. The molecular formula is C33H37ClN6O4. The maximum atomic E-state index is 14.2. The molecule has 0 unspecified atom stereocenters. The number of halogens is 1. The zero-order chi connectivity index (χ0) is 31.1. The fourth-order valence-corrected chi connectivity index (χ4v) is 5.72. The quantitative estimate of drug-likeness (QED) is 0.204. The topological polar surface area (TPSA) is 111 Å². The molecule has 3 heterocycles. The summed E-state index contributed by atoms with van der Waals surface area (Å²) in [5.41, 5.74) is 2.70. The van der Waals surface area contributed by atoms with Crippen molar-refractivity contribution in [1.29, 1.82) is 0 Å². The third kappa shape index (κ3) is 7.20. The summed E-state index contributed by atoms with van der Waals surface area (Å²) in [6, 6.07) is 12.7. The van der Waals surface area contributed by atoms with Crippen molar-refractivity contribution in [3.8, 4) is 22.6 Å². The maximum absolute atomic E-state index is 14.2. The van der Waals surface area contributed by atoms with Gasteiger partial charge in [0.05, 0.1) is 19.2 Å². The average molecular weight is 617 g/mol. The van der Waals surface area contributed by atoms with Gasteiger partial charge in [-0.2, -0.15) is 4.98 Å². The molecule has 1 aliphatic heterocycles. The minimum absolute atomic E-state index is 0.260. The Labute approximate surface area is 261 Å². The lowest BCUT2D eigenvalue weighted by molar-refractivity contribution is -0.111. The summed E-state index contributed by atoms with van der Waals surface area (Å²) in [4.78, 5) is 37.8. The monoisotopic (exact) mass is 616 g/mol. The number of aryl methyl sites for hydroxylation is 2. The second kappa shape index (κ2) is 14.4. The number of nitrogens with zero attached hydrogens (tertiary/aromatic N) is 4. The zero-order valence-corrected chi connectivity index (χ0v) is 25.8. The molecule has 0 bridgehead atoms. The lowest BCUT2D eigenvalue weighted by Gasteiger charge is -2.26. The Morgan fingerprint density at radius 1 is 1.07 bits per heavy atom. The lowest BCUT2D eigenvalue weighted by Crippen LogP contribution is -2.34. The van der Waals surface area contributed by atoms with Gasteiger partial charge in [0.15, 0.2) is 0 Å². The lowest BCUT2D eigenvalue weighted by atomic mass is 10.0. The fourth-order valence-electron chi connectivity index (χ4n) is 5.43. The highest BCUT2D eigenvalue weighted by atomic mass is 35.5. The van der Waals surface area contributed by atoms with Crippen molar-refractivity contribution < 1.29 is 14.3 Å². The van der Waals surface area contributed by atoms with E-state index in [9.17, 15) is 9.59 Å². The standard InChI is InChI=1S/C33H37ClN6O4/c1-4-29(41)37-24-10-8-9-22(17-24)11-15-40-31-23(21-36-33(38-31)35-12-16-39-13-6-5-7-14-39)18-27(32(40)42)26-19-25(43-2)20-28(44-3)30(26)34/h4,8-10,17-21H,1,5-7,11-16H2,2-3H3,(H,37,41)(H,35,36,38). The zero-order valence-electron chi connectivity index (χ0n) is 25.1. The highest BCUT2D eigenvalue weighted by Gasteiger charge is 2.19. The number of pyridine rings is 1. The van der Waals surface area contributed by atoms with Gasteiger partial charge < -0.3 is 25.0 Å². The van der Waals surface area contributed by atoms with Crippen LogP contribution in [0.4, 0.5) is 11.6 Å². The molecule has 1 aliphatic rings. The second-order valence-corrected chi connectivity index (χ2v) is 11.0. The maximum Gasteiger partial charge on any atom is 0.260 e. The molecule has 1 saturated heterocycles. The molecule has 1 fully saturated rings. The Balaban J connectivity index is 1.52. The molecule has 2 aromatic heterocycles. The van der Waals surface area contributed by atoms with Crippen LogP contribution in [0, 0.1) is 0 Å². The first kappa shape index (κ1) is 31.0.